The Labute approximate surface area is 289 Å². The second-order valence-corrected chi connectivity index (χ2v) is 14.3. The molecule has 0 bridgehead atoms. The molecule has 0 amide bonds. The molecular weight excluding hydrogens is 702 g/mol. The summed E-state index contributed by atoms with van der Waals surface area (Å²) in [5, 5.41) is 10.5. The Morgan fingerprint density at radius 3 is 2.33 bits per heavy atom. The number of hydrogen-bond donors (Lipinski definition) is 1. The number of phenolic OH excluding ortho intramolecular Hbond substituents is 1. The van der Waals surface area contributed by atoms with E-state index < -0.39 is 78.6 Å². The van der Waals surface area contributed by atoms with Crippen LogP contribution in [0.4, 0.5) is 37.8 Å². The minimum atomic E-state index is -4.99. The van der Waals surface area contributed by atoms with Crippen LogP contribution in [0.1, 0.15) is 43.5 Å². The fourth-order valence-electron chi connectivity index (χ4n) is 6.42. The first-order valence-electron chi connectivity index (χ1n) is 15.7. The van der Waals surface area contributed by atoms with E-state index in [-0.39, 0.29) is 49.4 Å². The molecule has 2 aliphatic heterocycles. The van der Waals surface area contributed by atoms with Crippen LogP contribution in [0.25, 0.3) is 11.3 Å². The molecule has 0 aliphatic carbocycles. The zero-order chi connectivity index (χ0) is 37.1. The van der Waals surface area contributed by atoms with Crippen LogP contribution in [-0.2, 0) is 10.0 Å². The summed E-state index contributed by atoms with van der Waals surface area (Å²) in [5.74, 6) is -12.1. The van der Waals surface area contributed by atoms with Gasteiger partial charge in [-0.1, -0.05) is 19.9 Å². The molecule has 270 valence electrons. The van der Waals surface area contributed by atoms with Crippen LogP contribution in [0.5, 0.6) is 11.5 Å². The number of hydrogen-bond acceptors (Lipinski definition) is 9. The summed E-state index contributed by atoms with van der Waals surface area (Å²) in [7, 11) is -4.19. The highest BCUT2D eigenvalue weighted by Gasteiger charge is 2.42. The molecule has 1 fully saturated rings. The average molecular weight is 735 g/mol. The predicted octanol–water partition coefficient (Wildman–Crippen LogP) is 6.38. The smallest absolute Gasteiger partial charge is 0.250 e. The lowest BCUT2D eigenvalue weighted by molar-refractivity contribution is 0.201. The van der Waals surface area contributed by atoms with Crippen molar-refractivity contribution in [3.05, 3.63) is 88.3 Å². The van der Waals surface area contributed by atoms with Crippen molar-refractivity contribution in [2.75, 3.05) is 38.3 Å². The highest BCUT2D eigenvalue weighted by atomic mass is 32.2. The number of sulfonamides is 1. The lowest BCUT2D eigenvalue weighted by Crippen LogP contribution is -2.56. The molecule has 1 atom stereocenters. The van der Waals surface area contributed by atoms with E-state index in [1.807, 2.05) is 20.8 Å². The Kier molecular flexibility index (Phi) is 9.39. The Balaban J connectivity index is 1.43. The monoisotopic (exact) mass is 734 g/mol. The van der Waals surface area contributed by atoms with Crippen LogP contribution in [0, 0.1) is 41.8 Å². The van der Waals surface area contributed by atoms with Crippen molar-refractivity contribution in [2.24, 2.45) is 4.99 Å². The Morgan fingerprint density at radius 2 is 1.69 bits per heavy atom. The normalized spacial score (nSPS) is 16.8. The quantitative estimate of drug-likeness (QED) is 0.138. The minimum absolute atomic E-state index is 0.0641. The number of phenols is 1. The van der Waals surface area contributed by atoms with Gasteiger partial charge in [0.05, 0.1) is 29.6 Å². The molecule has 2 aromatic heterocycles. The van der Waals surface area contributed by atoms with Crippen molar-refractivity contribution in [1.82, 2.24) is 19.2 Å². The van der Waals surface area contributed by atoms with Crippen LogP contribution in [-0.4, -0.2) is 78.0 Å². The molecule has 0 radical (unpaired) electrons. The number of aliphatic imine (C=N–C) groups is 1. The number of pyridine rings is 2. The molecule has 2 aliphatic rings. The van der Waals surface area contributed by atoms with Crippen LogP contribution < -0.4 is 9.64 Å². The van der Waals surface area contributed by atoms with Gasteiger partial charge in [-0.05, 0) is 49.6 Å². The molecule has 6 rings (SSSR count). The number of anilines is 2. The molecular formula is C34H32F6N6O4S. The third-order valence-corrected chi connectivity index (χ3v) is 10.8. The number of nitrogens with zero attached hydrogens (tertiary/aromatic N) is 6. The molecule has 0 unspecified atom stereocenters. The summed E-state index contributed by atoms with van der Waals surface area (Å²) in [5.41, 5.74) is 1.37. The molecule has 1 saturated heterocycles. The third kappa shape index (κ3) is 5.91. The molecule has 17 heteroatoms. The number of piperazine rings is 1. The van der Waals surface area contributed by atoms with Gasteiger partial charge < -0.3 is 19.6 Å². The first kappa shape index (κ1) is 35.9. The fraction of sp³-hybridized carbons (Fsp3) is 0.324. The molecule has 4 heterocycles. The van der Waals surface area contributed by atoms with Crippen molar-refractivity contribution in [3.63, 3.8) is 0 Å². The van der Waals surface area contributed by atoms with Gasteiger partial charge in [0.25, 0.3) is 0 Å². The zero-order valence-corrected chi connectivity index (χ0v) is 28.8. The predicted molar refractivity (Wildman–Crippen MR) is 176 cm³/mol. The van der Waals surface area contributed by atoms with Gasteiger partial charge in [-0.25, -0.2) is 40.3 Å². The summed E-state index contributed by atoms with van der Waals surface area (Å²) in [4.78, 5) is 15.8. The van der Waals surface area contributed by atoms with Gasteiger partial charge >= 0.3 is 0 Å². The van der Waals surface area contributed by atoms with Crippen molar-refractivity contribution < 1.29 is 44.6 Å². The van der Waals surface area contributed by atoms with E-state index in [1.54, 1.807) is 29.0 Å². The number of ether oxygens (including phenoxy) is 1. The number of rotatable bonds is 6. The van der Waals surface area contributed by atoms with Crippen molar-refractivity contribution in [3.8, 4) is 22.8 Å². The van der Waals surface area contributed by atoms with E-state index in [9.17, 15) is 31.1 Å². The second-order valence-electron chi connectivity index (χ2n) is 12.4. The minimum Gasteiger partial charge on any atom is -0.507 e. The average Bonchev–Trinajstić information content (AvgIpc) is 3.08. The first-order chi connectivity index (χ1) is 24.1. The number of fused-ring (bicyclic) bond motifs is 1. The van der Waals surface area contributed by atoms with E-state index in [0.29, 0.717) is 11.4 Å². The Morgan fingerprint density at radius 1 is 0.980 bits per heavy atom. The Hall–Kier alpha value is -4.90. The third-order valence-electron chi connectivity index (χ3n) is 8.86. The SMILES string of the molecule is COc1c(F)c(F)c(F)c(F)c1S(=O)(=O)N1CCN(C2=NCN(c3c(C)ccnc3C(C)C)c3nc(-c4c(O)cccc4F)c(F)cc32)[C@@H](C)C1. The number of methoxy groups -OCH3 is 1. The van der Waals surface area contributed by atoms with Gasteiger partial charge in [-0.15, -0.1) is 0 Å². The molecule has 0 spiro atoms. The van der Waals surface area contributed by atoms with Crippen LogP contribution in [0.2, 0.25) is 0 Å². The van der Waals surface area contributed by atoms with Gasteiger partial charge in [0.2, 0.25) is 21.7 Å². The zero-order valence-electron chi connectivity index (χ0n) is 28.0. The maximum atomic E-state index is 16.0. The van der Waals surface area contributed by atoms with Gasteiger partial charge in [0.1, 0.15) is 35.6 Å². The van der Waals surface area contributed by atoms with E-state index in [1.165, 1.54) is 12.1 Å². The first-order valence-corrected chi connectivity index (χ1v) is 17.2. The maximum absolute atomic E-state index is 16.0. The van der Waals surface area contributed by atoms with Crippen molar-refractivity contribution in [1.29, 1.82) is 0 Å². The van der Waals surface area contributed by atoms with Crippen LogP contribution in [0.3, 0.4) is 0 Å². The number of aromatic hydroxyl groups is 1. The van der Waals surface area contributed by atoms with E-state index in [4.69, 9.17) is 4.99 Å². The summed E-state index contributed by atoms with van der Waals surface area (Å²) >= 11 is 0. The fourth-order valence-corrected chi connectivity index (χ4v) is 8.13. The number of benzene rings is 2. The maximum Gasteiger partial charge on any atom is 0.250 e. The number of aromatic nitrogens is 2. The van der Waals surface area contributed by atoms with Gasteiger partial charge in [0, 0.05) is 31.9 Å². The van der Waals surface area contributed by atoms with Gasteiger partial charge in [-0.2, -0.15) is 8.70 Å². The summed E-state index contributed by atoms with van der Waals surface area (Å²) < 4.78 is 121. The largest absolute Gasteiger partial charge is 0.507 e. The summed E-state index contributed by atoms with van der Waals surface area (Å²) in [6, 6.07) is 5.68. The van der Waals surface area contributed by atoms with Crippen molar-refractivity contribution in [2.45, 2.75) is 44.6 Å². The number of aryl methyl sites for hydroxylation is 1. The summed E-state index contributed by atoms with van der Waals surface area (Å²) in [6.07, 6.45) is 1.65. The van der Waals surface area contributed by atoms with Gasteiger partial charge in [0.15, 0.2) is 28.1 Å². The van der Waals surface area contributed by atoms with E-state index in [0.717, 1.165) is 29.1 Å². The lowest BCUT2D eigenvalue weighted by atomic mass is 10.0. The summed E-state index contributed by atoms with van der Waals surface area (Å²) in [6.45, 7) is 6.44. The molecule has 2 aromatic carbocycles. The molecule has 10 nitrogen and oxygen atoms in total. The molecule has 0 saturated carbocycles. The lowest BCUT2D eigenvalue weighted by Gasteiger charge is -2.43. The van der Waals surface area contributed by atoms with Crippen LogP contribution >= 0.6 is 0 Å². The number of halogens is 6. The second kappa shape index (κ2) is 13.3. The van der Waals surface area contributed by atoms with Crippen molar-refractivity contribution >= 4 is 27.4 Å². The molecule has 1 N–H and O–H groups in total. The van der Waals surface area contributed by atoms with Crippen LogP contribution in [0.15, 0.2) is 46.4 Å². The standard InChI is InChI=1S/C34H32F6N6O4S/c1-16(2)28-30(17(3)9-10-41-28)46-15-42-33(19-13-21(36)29(43-34(19)46)23-20(35)7-6-8-22(23)47)45-12-11-44(14-18(45)4)51(48,49)32-27(40)25(38)24(37)26(39)31(32)50-5/h6-10,13,16,18,47H,11-12,14-15H2,1-5H3/t18-/m0/s1. The Bertz CT molecular complexity index is 2180. The highest BCUT2D eigenvalue weighted by molar-refractivity contribution is 7.89. The van der Waals surface area contributed by atoms with Gasteiger partial charge in [-0.3, -0.25) is 4.98 Å². The number of amidine groups is 1. The molecule has 4 aromatic rings. The molecule has 51 heavy (non-hydrogen) atoms. The topological polar surface area (TPSA) is 111 Å². The van der Waals surface area contributed by atoms with E-state index in [2.05, 4.69) is 14.7 Å². The van der Waals surface area contributed by atoms with E-state index >= 15 is 8.78 Å². The highest BCUT2D eigenvalue weighted by Crippen LogP contribution is 2.42.